The van der Waals surface area contributed by atoms with E-state index in [0.29, 0.717) is 0 Å². The fourth-order valence-electron chi connectivity index (χ4n) is 0.199. The summed E-state index contributed by atoms with van der Waals surface area (Å²) in [7, 11) is 0. The van der Waals surface area contributed by atoms with Gasteiger partial charge in [0, 0.05) is 0 Å². The van der Waals surface area contributed by atoms with Crippen molar-refractivity contribution < 1.29 is 3.07 Å². The molecule has 0 bridgehead atoms. The van der Waals surface area contributed by atoms with Crippen LogP contribution in [0.5, 0.6) is 0 Å². The van der Waals surface area contributed by atoms with E-state index in [0.717, 1.165) is 6.61 Å². The molecular weight excluding hydrogens is 219 g/mol. The maximum Gasteiger partial charge on any atom is 0.109 e. The minimum atomic E-state index is 0. The molecule has 0 N–H and O–H groups in total. The van der Waals surface area contributed by atoms with Gasteiger partial charge in [-0.05, 0) is 17.4 Å². The van der Waals surface area contributed by atoms with Crippen LogP contribution in [0.15, 0.2) is 0 Å². The summed E-state index contributed by atoms with van der Waals surface area (Å²) < 4.78 is 4.75. The Balaban J connectivity index is 0. The van der Waals surface area contributed by atoms with E-state index in [2.05, 4.69) is 6.92 Å². The van der Waals surface area contributed by atoms with Crippen LogP contribution in [0, 0.1) is 0 Å². The third-order valence-corrected chi connectivity index (χ3v) is 1.02. The zero-order valence-corrected chi connectivity index (χ0v) is 6.07. The molecule has 0 aliphatic carbocycles. The Morgan fingerprint density at radius 3 is 2.29 bits per heavy atom. The van der Waals surface area contributed by atoms with Crippen LogP contribution in [0.1, 0.15) is 19.8 Å². The van der Waals surface area contributed by atoms with Crippen molar-refractivity contribution in [2.75, 3.05) is 6.61 Å². The molecule has 0 aromatic carbocycles. The van der Waals surface area contributed by atoms with Crippen LogP contribution < -0.4 is 0 Å². The molecule has 0 rings (SSSR count). The van der Waals surface area contributed by atoms with Gasteiger partial charge in [0.1, 0.15) is 23.0 Å². The summed E-state index contributed by atoms with van der Waals surface area (Å²) in [6.07, 6.45) is 2.41. The predicted octanol–water partition coefficient (Wildman–Crippen LogP) is 0.701. The van der Waals surface area contributed by atoms with Crippen molar-refractivity contribution in [2.45, 2.75) is 19.8 Å². The highest BCUT2D eigenvalue weighted by molar-refractivity contribution is 14.1. The smallest absolute Gasteiger partial charge is 0.109 e. The molecule has 0 aliphatic heterocycles. The second-order valence-electron chi connectivity index (χ2n) is 1.17. The number of hydrogen-bond acceptors (Lipinski definition) is 1. The lowest BCUT2D eigenvalue weighted by Crippen LogP contribution is -1.78. The highest BCUT2D eigenvalue weighted by Crippen LogP contribution is 1.90. The Kier molecular flexibility index (Phi) is 15.5. The topological polar surface area (TPSA) is 9.23 Å². The summed E-state index contributed by atoms with van der Waals surface area (Å²) in [5.74, 6) is 0. The highest BCUT2D eigenvalue weighted by atomic mass is 127. The van der Waals surface area contributed by atoms with Crippen molar-refractivity contribution >= 4 is 34.0 Å². The van der Waals surface area contributed by atoms with Crippen LogP contribution >= 0.6 is 23.0 Å². The van der Waals surface area contributed by atoms with E-state index < -0.39 is 0 Å². The summed E-state index contributed by atoms with van der Waals surface area (Å²) in [6.45, 7) is 3.05. The first-order valence-electron chi connectivity index (χ1n) is 2.15. The number of rotatable bonds is 3. The van der Waals surface area contributed by atoms with Crippen LogP contribution in [0.4, 0.5) is 0 Å². The zero-order valence-electron chi connectivity index (χ0n) is 3.91. The van der Waals surface area contributed by atoms with Gasteiger partial charge in [-0.3, -0.25) is 0 Å². The summed E-state index contributed by atoms with van der Waals surface area (Å²) in [5.41, 5.74) is 0. The van der Waals surface area contributed by atoms with Gasteiger partial charge in [0.05, 0.1) is 6.61 Å². The van der Waals surface area contributed by atoms with Crippen LogP contribution in [-0.2, 0) is 3.07 Å². The van der Waals surface area contributed by atoms with Crippen molar-refractivity contribution in [2.24, 2.45) is 0 Å². The molecule has 0 aromatic rings. The van der Waals surface area contributed by atoms with Gasteiger partial charge >= 0.3 is 0 Å². The molecule has 0 aliphatic rings. The minimum Gasteiger partial charge on any atom is -0.316 e. The number of halogens is 1. The molecule has 7 heavy (non-hydrogen) atoms. The lowest BCUT2D eigenvalue weighted by atomic mass is 10.4. The van der Waals surface area contributed by atoms with E-state index in [4.69, 9.17) is 3.07 Å². The molecular formula is C4H13IOSi. The Morgan fingerprint density at radius 1 is 1.57 bits per heavy atom. The molecule has 0 atom stereocenters. The minimum absolute atomic E-state index is 0. The molecule has 0 heterocycles. The van der Waals surface area contributed by atoms with E-state index in [1.54, 1.807) is 0 Å². The van der Waals surface area contributed by atoms with Gasteiger partial charge < -0.3 is 3.07 Å². The highest BCUT2D eigenvalue weighted by Gasteiger charge is 1.76. The van der Waals surface area contributed by atoms with Crippen LogP contribution in [0.2, 0.25) is 0 Å². The normalized spacial score (nSPS) is 7.71. The monoisotopic (exact) mass is 232 g/mol. The van der Waals surface area contributed by atoms with Gasteiger partial charge in [-0.25, -0.2) is 0 Å². The number of unbranched alkanes of at least 4 members (excludes halogenated alkanes) is 1. The maximum absolute atomic E-state index is 4.75. The Bertz CT molecular complexity index is 23.7. The summed E-state index contributed by atoms with van der Waals surface area (Å²) in [5, 5.41) is 0. The van der Waals surface area contributed by atoms with E-state index in [9.17, 15) is 0 Å². The molecule has 46 valence electrons. The lowest BCUT2D eigenvalue weighted by molar-refractivity contribution is 0.411. The van der Waals surface area contributed by atoms with E-state index in [-0.39, 0.29) is 11.0 Å². The van der Waals surface area contributed by atoms with Crippen molar-refractivity contribution in [3.63, 3.8) is 0 Å². The van der Waals surface area contributed by atoms with Crippen molar-refractivity contribution in [1.82, 2.24) is 0 Å². The van der Waals surface area contributed by atoms with Crippen LogP contribution in [0.25, 0.3) is 0 Å². The van der Waals surface area contributed by atoms with Crippen LogP contribution in [-0.4, -0.2) is 17.6 Å². The number of hydrogen-bond donors (Lipinski definition) is 0. The first-order valence-corrected chi connectivity index (χ1v) is 3.03. The second kappa shape index (κ2) is 10.0. The van der Waals surface area contributed by atoms with Crippen molar-refractivity contribution in [3.8, 4) is 0 Å². The first-order chi connectivity index (χ1) is 2.91. The van der Waals surface area contributed by atoms with E-state index in [1.165, 1.54) is 12.8 Å². The lowest BCUT2D eigenvalue weighted by Gasteiger charge is -1.86. The summed E-state index contributed by atoms with van der Waals surface area (Å²) in [4.78, 5) is 0. The molecule has 0 unspecified atom stereocenters. The average Bonchev–Trinajstić information content (AvgIpc) is 1.61. The van der Waals surface area contributed by atoms with Gasteiger partial charge in [-0.2, -0.15) is 0 Å². The Labute approximate surface area is 63.5 Å². The van der Waals surface area contributed by atoms with Crippen molar-refractivity contribution in [3.05, 3.63) is 0 Å². The Morgan fingerprint density at radius 2 is 2.14 bits per heavy atom. The molecule has 0 spiro atoms. The first kappa shape index (κ1) is 10.8. The molecule has 0 saturated carbocycles. The summed E-state index contributed by atoms with van der Waals surface area (Å²) in [6, 6.07) is 0. The fraction of sp³-hybridized carbons (Fsp3) is 1.00. The quantitative estimate of drug-likeness (QED) is 0.395. The summed E-state index contributed by atoms with van der Waals surface area (Å²) >= 11 is 1.91. The molecule has 3 heteroatoms. The average molecular weight is 232 g/mol. The van der Waals surface area contributed by atoms with E-state index in [1.807, 2.05) is 23.0 Å². The fourth-order valence-corrected chi connectivity index (χ4v) is 0.510. The third-order valence-electron chi connectivity index (χ3n) is 0.575. The molecule has 0 fully saturated rings. The molecule has 0 saturated heterocycles. The van der Waals surface area contributed by atoms with Gasteiger partial charge in [-0.1, -0.05) is 13.3 Å². The van der Waals surface area contributed by atoms with Crippen LogP contribution in [0.3, 0.4) is 0 Å². The molecule has 1 nitrogen and oxygen atoms in total. The standard InChI is InChI=1S/C4H9IO.H4Si/c1-2-3-4-6-5;/h2-4H2,1H3;1H4. The SMILES string of the molecule is CCCCOI.[SiH4]. The van der Waals surface area contributed by atoms with Gasteiger partial charge in [-0.15, -0.1) is 0 Å². The predicted molar refractivity (Wildman–Crippen MR) is 46.2 cm³/mol. The molecule has 0 aromatic heterocycles. The van der Waals surface area contributed by atoms with Gasteiger partial charge in [0.25, 0.3) is 0 Å². The zero-order chi connectivity index (χ0) is 4.83. The Hall–Kier alpha value is 0.907. The maximum atomic E-state index is 4.75. The molecule has 0 amide bonds. The van der Waals surface area contributed by atoms with Gasteiger partial charge in [0.15, 0.2) is 0 Å². The van der Waals surface area contributed by atoms with Crippen molar-refractivity contribution in [1.29, 1.82) is 0 Å². The molecule has 0 radical (unpaired) electrons. The van der Waals surface area contributed by atoms with E-state index >= 15 is 0 Å². The third kappa shape index (κ3) is 10.9. The van der Waals surface area contributed by atoms with Gasteiger partial charge in [0.2, 0.25) is 0 Å². The second-order valence-corrected chi connectivity index (χ2v) is 1.79. The largest absolute Gasteiger partial charge is 0.316 e.